The molecule has 0 N–H and O–H groups in total. The fourth-order valence-corrected chi connectivity index (χ4v) is 6.28. The Kier molecular flexibility index (Phi) is 6.92. The van der Waals surface area contributed by atoms with E-state index in [0.717, 1.165) is 42.4 Å². The Morgan fingerprint density at radius 2 is 1.41 bits per heavy atom. The van der Waals surface area contributed by atoms with Crippen LogP contribution < -0.4 is 18.9 Å². The lowest BCUT2D eigenvalue weighted by Crippen LogP contribution is -2.31. The van der Waals surface area contributed by atoms with Gasteiger partial charge in [-0.05, 0) is 78.8 Å². The van der Waals surface area contributed by atoms with Crippen molar-refractivity contribution in [2.24, 2.45) is 5.41 Å². The monoisotopic (exact) mass is 499 g/mol. The minimum absolute atomic E-state index is 0.0537. The van der Waals surface area contributed by atoms with E-state index in [-0.39, 0.29) is 11.8 Å². The van der Waals surface area contributed by atoms with Gasteiger partial charge in [0.25, 0.3) is 0 Å². The van der Waals surface area contributed by atoms with Gasteiger partial charge >= 0.3 is 0 Å². The van der Waals surface area contributed by atoms with Crippen molar-refractivity contribution >= 4 is 11.9 Å². The largest absolute Gasteiger partial charge is 0.493 e. The molecule has 6 heteroatoms. The van der Waals surface area contributed by atoms with E-state index in [4.69, 9.17) is 18.9 Å². The molecule has 0 saturated heterocycles. The van der Waals surface area contributed by atoms with Crippen LogP contribution in [0.3, 0.4) is 0 Å². The number of aromatic nitrogens is 1. The van der Waals surface area contributed by atoms with Gasteiger partial charge in [-0.2, -0.15) is 0 Å². The Balaban J connectivity index is 1.55. The fraction of sp³-hybridized carbons (Fsp3) is 0.355. The smallest absolute Gasteiger partial charge is 0.161 e. The molecule has 2 fully saturated rings. The van der Waals surface area contributed by atoms with Crippen LogP contribution in [0.1, 0.15) is 54.2 Å². The summed E-state index contributed by atoms with van der Waals surface area (Å²) >= 11 is 0. The van der Waals surface area contributed by atoms with Gasteiger partial charge in [-0.3, -0.25) is 9.78 Å². The number of hydrogen-bond donors (Lipinski definition) is 0. The fourth-order valence-electron chi connectivity index (χ4n) is 6.28. The second-order valence-electron chi connectivity index (χ2n) is 9.86. The summed E-state index contributed by atoms with van der Waals surface area (Å²) in [6.07, 6.45) is 9.03. The summed E-state index contributed by atoms with van der Waals surface area (Å²) in [7, 11) is 6.53. The van der Waals surface area contributed by atoms with Crippen molar-refractivity contribution in [3.63, 3.8) is 0 Å². The number of pyridine rings is 1. The Morgan fingerprint density at radius 3 is 2.03 bits per heavy atom. The average Bonchev–Trinajstić information content (AvgIpc) is 3.47. The van der Waals surface area contributed by atoms with E-state index < -0.39 is 5.41 Å². The quantitative estimate of drug-likeness (QED) is 0.385. The van der Waals surface area contributed by atoms with E-state index in [1.165, 1.54) is 5.57 Å². The molecule has 3 unspecified atom stereocenters. The number of rotatable bonds is 7. The summed E-state index contributed by atoms with van der Waals surface area (Å²) in [5.74, 6) is 2.86. The first kappa shape index (κ1) is 24.9. The lowest BCUT2D eigenvalue weighted by Gasteiger charge is -2.30. The third-order valence-corrected chi connectivity index (χ3v) is 8.06. The van der Waals surface area contributed by atoms with Gasteiger partial charge < -0.3 is 18.9 Å². The minimum Gasteiger partial charge on any atom is -0.493 e. The number of allylic oxidation sites excluding steroid dienone is 1. The number of hydrogen-bond acceptors (Lipinski definition) is 6. The molecule has 0 amide bonds. The molecule has 2 saturated carbocycles. The van der Waals surface area contributed by atoms with Gasteiger partial charge in [0.2, 0.25) is 0 Å². The van der Waals surface area contributed by atoms with Crippen LogP contribution in [-0.2, 0) is 4.79 Å². The van der Waals surface area contributed by atoms with Crippen LogP contribution in [0.2, 0.25) is 0 Å². The predicted molar refractivity (Wildman–Crippen MR) is 143 cm³/mol. The van der Waals surface area contributed by atoms with Gasteiger partial charge in [0.15, 0.2) is 23.0 Å². The second-order valence-corrected chi connectivity index (χ2v) is 9.86. The van der Waals surface area contributed by atoms with Crippen LogP contribution >= 0.6 is 0 Å². The lowest BCUT2D eigenvalue weighted by molar-refractivity contribution is -0.127. The highest BCUT2D eigenvalue weighted by Crippen LogP contribution is 2.62. The molecule has 1 heterocycles. The van der Waals surface area contributed by atoms with E-state index in [0.29, 0.717) is 28.8 Å². The Bertz CT molecular complexity index is 1320. The molecular weight excluding hydrogens is 466 g/mol. The summed E-state index contributed by atoms with van der Waals surface area (Å²) in [6.45, 7) is 0. The zero-order chi connectivity index (χ0) is 26.0. The van der Waals surface area contributed by atoms with Gasteiger partial charge in [0.1, 0.15) is 5.78 Å². The molecule has 0 radical (unpaired) electrons. The van der Waals surface area contributed by atoms with Crippen LogP contribution in [-0.4, -0.2) is 39.2 Å². The second kappa shape index (κ2) is 10.3. The third kappa shape index (κ3) is 4.45. The molecule has 1 aromatic heterocycles. The molecule has 192 valence electrons. The molecule has 2 aliphatic carbocycles. The maximum absolute atomic E-state index is 14.4. The number of carbonyl (C=O) groups excluding carboxylic acids is 1. The number of methoxy groups -OCH3 is 4. The summed E-state index contributed by atoms with van der Waals surface area (Å²) in [4.78, 5) is 18.5. The van der Waals surface area contributed by atoms with Gasteiger partial charge in [-0.15, -0.1) is 0 Å². The number of benzene rings is 2. The number of Topliss-reactive ketones (excluding diaryl/α,β-unsaturated/α-hetero) is 1. The third-order valence-electron chi connectivity index (χ3n) is 8.06. The molecular formula is C31H33NO5. The first-order valence-electron chi connectivity index (χ1n) is 12.6. The number of ether oxygens (including phenoxy) is 4. The van der Waals surface area contributed by atoms with Gasteiger partial charge in [-0.25, -0.2) is 0 Å². The van der Waals surface area contributed by atoms with E-state index in [9.17, 15) is 4.79 Å². The number of nitrogens with zero attached hydrogens (tertiary/aromatic N) is 1. The van der Waals surface area contributed by atoms with Crippen LogP contribution in [0.25, 0.3) is 6.08 Å². The molecule has 2 aromatic carbocycles. The average molecular weight is 500 g/mol. The summed E-state index contributed by atoms with van der Waals surface area (Å²) in [6, 6.07) is 15.9. The molecule has 3 atom stereocenters. The van der Waals surface area contributed by atoms with Crippen molar-refractivity contribution in [1.82, 2.24) is 4.98 Å². The van der Waals surface area contributed by atoms with Gasteiger partial charge in [-0.1, -0.05) is 23.8 Å². The maximum Gasteiger partial charge on any atom is 0.161 e. The molecule has 1 spiro atoms. The number of ketones is 1. The molecule has 0 aliphatic heterocycles. The standard InChI is InChI=1S/C31H33NO5/c1-34-26-7-5-22(17-28(26)36-3)24-9-12-31(30(24)33)19-21(15-20-10-13-32-14-11-20)16-25(31)23-6-8-27(35-2)29(18-23)37-4/h5-8,10-11,13-15,17-18,24-25H,9,12,16,19H2,1-4H3. The number of carbonyl (C=O) groups is 1. The highest BCUT2D eigenvalue weighted by atomic mass is 16.5. The topological polar surface area (TPSA) is 66.9 Å². The molecule has 37 heavy (non-hydrogen) atoms. The SMILES string of the molecule is COc1ccc(C2CCC3(CC(=Cc4ccncc4)CC3c3ccc(OC)c(OC)c3)C2=O)cc1OC. The van der Waals surface area contributed by atoms with Crippen LogP contribution in [0.15, 0.2) is 66.5 Å². The minimum atomic E-state index is -0.476. The highest BCUT2D eigenvalue weighted by molar-refractivity contribution is 5.95. The van der Waals surface area contributed by atoms with Crippen LogP contribution in [0, 0.1) is 5.41 Å². The normalized spacial score (nSPS) is 24.0. The first-order chi connectivity index (χ1) is 18.0. The van der Waals surface area contributed by atoms with E-state index in [1.807, 2.05) is 42.5 Å². The predicted octanol–water partition coefficient (Wildman–Crippen LogP) is 6.21. The van der Waals surface area contributed by atoms with Gasteiger partial charge in [0.05, 0.1) is 28.4 Å². The Labute approximate surface area is 218 Å². The Hall–Kier alpha value is -3.80. The summed E-state index contributed by atoms with van der Waals surface area (Å²) in [5, 5.41) is 0. The van der Waals surface area contributed by atoms with Crippen LogP contribution in [0.5, 0.6) is 23.0 Å². The van der Waals surface area contributed by atoms with Crippen molar-refractivity contribution in [2.75, 3.05) is 28.4 Å². The molecule has 2 aliphatic rings. The zero-order valence-electron chi connectivity index (χ0n) is 21.8. The Morgan fingerprint density at radius 1 is 0.811 bits per heavy atom. The first-order valence-corrected chi connectivity index (χ1v) is 12.6. The summed E-state index contributed by atoms with van der Waals surface area (Å²) in [5.41, 5.74) is 4.01. The van der Waals surface area contributed by atoms with Crippen molar-refractivity contribution in [2.45, 2.75) is 37.5 Å². The maximum atomic E-state index is 14.4. The van der Waals surface area contributed by atoms with Crippen molar-refractivity contribution in [3.05, 3.63) is 83.2 Å². The molecule has 0 bridgehead atoms. The van der Waals surface area contributed by atoms with E-state index >= 15 is 0 Å². The van der Waals surface area contributed by atoms with Crippen molar-refractivity contribution < 1.29 is 23.7 Å². The van der Waals surface area contributed by atoms with Crippen LogP contribution in [0.4, 0.5) is 0 Å². The van der Waals surface area contributed by atoms with E-state index in [2.05, 4.69) is 17.1 Å². The molecule has 6 nitrogen and oxygen atoms in total. The zero-order valence-corrected chi connectivity index (χ0v) is 21.8. The molecule has 3 aromatic rings. The highest BCUT2D eigenvalue weighted by Gasteiger charge is 2.56. The van der Waals surface area contributed by atoms with Crippen molar-refractivity contribution in [1.29, 1.82) is 0 Å². The van der Waals surface area contributed by atoms with Gasteiger partial charge in [0, 0.05) is 29.6 Å². The summed E-state index contributed by atoms with van der Waals surface area (Å²) < 4.78 is 22.0. The van der Waals surface area contributed by atoms with Crippen molar-refractivity contribution in [3.8, 4) is 23.0 Å². The van der Waals surface area contributed by atoms with E-state index in [1.54, 1.807) is 40.8 Å². The molecule has 5 rings (SSSR count). The lowest BCUT2D eigenvalue weighted by atomic mass is 9.71.